The molecule has 0 aliphatic carbocycles. The van der Waals surface area contributed by atoms with Gasteiger partial charge < -0.3 is 9.32 Å². The van der Waals surface area contributed by atoms with Crippen LogP contribution < -0.4 is 0 Å². The van der Waals surface area contributed by atoms with Gasteiger partial charge in [-0.05, 0) is 49.6 Å². The van der Waals surface area contributed by atoms with Crippen LogP contribution in [-0.2, 0) is 4.79 Å². The Bertz CT molecular complexity index is 859. The lowest BCUT2D eigenvalue weighted by Crippen LogP contribution is -2.36. The number of hydrogen-bond donors (Lipinski definition) is 0. The van der Waals surface area contributed by atoms with Gasteiger partial charge in [-0.1, -0.05) is 23.2 Å². The molecule has 128 valence electrons. The van der Waals surface area contributed by atoms with E-state index in [1.165, 1.54) is 6.08 Å². The van der Waals surface area contributed by atoms with E-state index >= 15 is 0 Å². The van der Waals surface area contributed by atoms with Crippen molar-refractivity contribution in [1.29, 1.82) is 5.26 Å². The number of hydrogen-bond acceptors (Lipinski definition) is 3. The summed E-state index contributed by atoms with van der Waals surface area (Å²) < 4.78 is 5.73. The minimum absolute atomic E-state index is 0.0741. The SMILES string of the molecule is N#CC(=Cc1ccc(-c2ccc(Cl)cc2Cl)o1)C(=O)N1CCCCC1. The van der Waals surface area contributed by atoms with E-state index < -0.39 is 0 Å². The number of nitriles is 1. The number of piperidine rings is 1. The van der Waals surface area contributed by atoms with E-state index in [1.54, 1.807) is 35.2 Å². The molecule has 1 amide bonds. The van der Waals surface area contributed by atoms with Crippen LogP contribution in [0.5, 0.6) is 0 Å². The molecule has 25 heavy (non-hydrogen) atoms. The Morgan fingerprint density at radius 3 is 2.60 bits per heavy atom. The number of nitrogens with zero attached hydrogens (tertiary/aromatic N) is 2. The van der Waals surface area contributed by atoms with Gasteiger partial charge in [0, 0.05) is 29.8 Å². The molecule has 6 heteroatoms. The van der Waals surface area contributed by atoms with Gasteiger partial charge in [0.25, 0.3) is 5.91 Å². The summed E-state index contributed by atoms with van der Waals surface area (Å²) >= 11 is 12.1. The van der Waals surface area contributed by atoms with Crippen LogP contribution in [0.3, 0.4) is 0 Å². The fourth-order valence-corrected chi connectivity index (χ4v) is 3.32. The van der Waals surface area contributed by atoms with Gasteiger partial charge in [0.15, 0.2) is 0 Å². The van der Waals surface area contributed by atoms with Gasteiger partial charge in [0.05, 0.1) is 5.02 Å². The van der Waals surface area contributed by atoms with E-state index in [-0.39, 0.29) is 11.5 Å². The quantitative estimate of drug-likeness (QED) is 0.549. The topological polar surface area (TPSA) is 57.2 Å². The molecule has 2 aromatic rings. The highest BCUT2D eigenvalue weighted by atomic mass is 35.5. The van der Waals surface area contributed by atoms with Crippen LogP contribution in [0.2, 0.25) is 10.0 Å². The van der Waals surface area contributed by atoms with E-state index in [0.29, 0.717) is 40.2 Å². The third-order valence-corrected chi connectivity index (χ3v) is 4.65. The Labute approximate surface area is 156 Å². The highest BCUT2D eigenvalue weighted by molar-refractivity contribution is 6.36. The average Bonchev–Trinajstić information content (AvgIpc) is 3.08. The maximum absolute atomic E-state index is 12.5. The molecule has 0 bridgehead atoms. The van der Waals surface area contributed by atoms with Crippen molar-refractivity contribution >= 4 is 35.2 Å². The first-order chi connectivity index (χ1) is 12.1. The summed E-state index contributed by atoms with van der Waals surface area (Å²) in [7, 11) is 0. The molecule has 0 unspecified atom stereocenters. The van der Waals surface area contributed by atoms with Gasteiger partial charge in [-0.15, -0.1) is 0 Å². The summed E-state index contributed by atoms with van der Waals surface area (Å²) in [5.41, 5.74) is 0.775. The zero-order valence-electron chi connectivity index (χ0n) is 13.5. The average molecular weight is 375 g/mol. The molecule has 1 aromatic carbocycles. The molecular formula is C19H16Cl2N2O2. The van der Waals surface area contributed by atoms with E-state index in [2.05, 4.69) is 0 Å². The molecule has 1 fully saturated rings. The molecule has 2 heterocycles. The summed E-state index contributed by atoms with van der Waals surface area (Å²) in [6, 6.07) is 10.6. The van der Waals surface area contributed by atoms with Crippen molar-refractivity contribution in [3.63, 3.8) is 0 Å². The normalized spacial score (nSPS) is 15.1. The Morgan fingerprint density at radius 1 is 1.16 bits per heavy atom. The molecule has 1 aromatic heterocycles. The minimum Gasteiger partial charge on any atom is -0.457 e. The summed E-state index contributed by atoms with van der Waals surface area (Å²) in [5.74, 6) is 0.739. The Kier molecular flexibility index (Phi) is 5.47. The van der Waals surface area contributed by atoms with Crippen LogP contribution in [0.15, 0.2) is 40.3 Å². The summed E-state index contributed by atoms with van der Waals surface area (Å²) in [6.45, 7) is 1.39. The molecule has 4 nitrogen and oxygen atoms in total. The lowest BCUT2D eigenvalue weighted by molar-refractivity contribution is -0.127. The van der Waals surface area contributed by atoms with Gasteiger partial charge in [0.2, 0.25) is 0 Å². The summed E-state index contributed by atoms with van der Waals surface area (Å²) in [4.78, 5) is 14.2. The van der Waals surface area contributed by atoms with Gasteiger partial charge in [-0.3, -0.25) is 4.79 Å². The zero-order chi connectivity index (χ0) is 17.8. The maximum atomic E-state index is 12.5. The zero-order valence-corrected chi connectivity index (χ0v) is 15.0. The maximum Gasteiger partial charge on any atom is 0.264 e. The Morgan fingerprint density at radius 2 is 1.92 bits per heavy atom. The van der Waals surface area contributed by atoms with Crippen molar-refractivity contribution in [3.05, 3.63) is 51.7 Å². The number of amides is 1. The van der Waals surface area contributed by atoms with Crippen molar-refractivity contribution in [2.45, 2.75) is 19.3 Å². The largest absolute Gasteiger partial charge is 0.457 e. The number of halogens is 2. The molecule has 0 saturated carbocycles. The Hall–Kier alpha value is -2.22. The predicted octanol–water partition coefficient (Wildman–Crippen LogP) is 5.17. The van der Waals surface area contributed by atoms with Crippen LogP contribution in [-0.4, -0.2) is 23.9 Å². The number of furan rings is 1. The van der Waals surface area contributed by atoms with Crippen molar-refractivity contribution in [2.75, 3.05) is 13.1 Å². The van der Waals surface area contributed by atoms with Gasteiger partial charge in [0.1, 0.15) is 23.2 Å². The molecule has 1 aliphatic rings. The lowest BCUT2D eigenvalue weighted by atomic mass is 10.1. The number of carbonyl (C=O) groups excluding carboxylic acids is 1. The third-order valence-electron chi connectivity index (χ3n) is 4.10. The second kappa shape index (κ2) is 7.77. The van der Waals surface area contributed by atoms with Crippen LogP contribution >= 0.6 is 23.2 Å². The van der Waals surface area contributed by atoms with E-state index in [0.717, 1.165) is 19.3 Å². The standard InChI is InChI=1S/C19H16Cl2N2O2/c20-14-4-6-16(17(21)11-14)18-7-5-15(25-18)10-13(12-22)19(24)23-8-2-1-3-9-23/h4-7,10-11H,1-3,8-9H2. The van der Waals surface area contributed by atoms with Gasteiger partial charge in [-0.25, -0.2) is 0 Å². The summed E-state index contributed by atoms with van der Waals surface area (Å²) in [6.07, 6.45) is 4.55. The van der Waals surface area contributed by atoms with Crippen LogP contribution in [0.4, 0.5) is 0 Å². The molecular weight excluding hydrogens is 359 g/mol. The van der Waals surface area contributed by atoms with Crippen molar-refractivity contribution in [3.8, 4) is 17.4 Å². The smallest absolute Gasteiger partial charge is 0.264 e. The van der Waals surface area contributed by atoms with Crippen LogP contribution in [0, 0.1) is 11.3 Å². The van der Waals surface area contributed by atoms with Crippen molar-refractivity contribution in [1.82, 2.24) is 4.90 Å². The molecule has 1 aliphatic heterocycles. The van der Waals surface area contributed by atoms with Gasteiger partial charge >= 0.3 is 0 Å². The highest BCUT2D eigenvalue weighted by Gasteiger charge is 2.20. The second-order valence-electron chi connectivity index (χ2n) is 5.85. The Balaban J connectivity index is 1.84. The van der Waals surface area contributed by atoms with Crippen LogP contribution in [0.25, 0.3) is 17.4 Å². The molecule has 0 radical (unpaired) electrons. The fraction of sp³-hybridized carbons (Fsp3) is 0.263. The highest BCUT2D eigenvalue weighted by Crippen LogP contribution is 2.32. The van der Waals surface area contributed by atoms with Crippen molar-refractivity contribution < 1.29 is 9.21 Å². The minimum atomic E-state index is -0.246. The first-order valence-corrected chi connectivity index (χ1v) is 8.80. The van der Waals surface area contributed by atoms with Crippen LogP contribution in [0.1, 0.15) is 25.0 Å². The van der Waals surface area contributed by atoms with E-state index in [9.17, 15) is 10.1 Å². The van der Waals surface area contributed by atoms with E-state index in [4.69, 9.17) is 27.6 Å². The summed E-state index contributed by atoms with van der Waals surface area (Å²) in [5, 5.41) is 10.4. The fourth-order valence-electron chi connectivity index (χ4n) is 2.82. The third kappa shape index (κ3) is 4.07. The molecule has 3 rings (SSSR count). The molecule has 0 atom stereocenters. The van der Waals surface area contributed by atoms with Crippen molar-refractivity contribution in [2.24, 2.45) is 0 Å². The number of rotatable bonds is 3. The first-order valence-electron chi connectivity index (χ1n) is 8.05. The second-order valence-corrected chi connectivity index (χ2v) is 6.69. The first kappa shape index (κ1) is 17.6. The molecule has 0 spiro atoms. The number of likely N-dealkylation sites (tertiary alicyclic amines) is 1. The predicted molar refractivity (Wildman–Crippen MR) is 98.2 cm³/mol. The lowest BCUT2D eigenvalue weighted by Gasteiger charge is -2.26. The number of carbonyl (C=O) groups is 1. The number of benzene rings is 1. The van der Waals surface area contributed by atoms with Gasteiger partial charge in [-0.2, -0.15) is 5.26 Å². The monoisotopic (exact) mass is 374 g/mol. The van der Waals surface area contributed by atoms with E-state index in [1.807, 2.05) is 6.07 Å². The molecule has 0 N–H and O–H groups in total. The molecule has 1 saturated heterocycles.